The molecule has 1 aliphatic rings. The SMILES string of the molecule is CCC(C)[C@H](NC(=O)OCC1c2ccccc2-c2ccccc21)C(=O)NC(C)CC(=O)O. The van der Waals surface area contributed by atoms with Crippen LogP contribution in [-0.2, 0) is 14.3 Å². The van der Waals surface area contributed by atoms with Gasteiger partial charge in [-0.15, -0.1) is 0 Å². The Balaban J connectivity index is 1.66. The number of carboxylic acids is 1. The first-order valence-electron chi connectivity index (χ1n) is 11.0. The molecule has 0 aliphatic heterocycles. The van der Waals surface area contributed by atoms with Crippen LogP contribution in [0, 0.1) is 5.92 Å². The maximum Gasteiger partial charge on any atom is 0.407 e. The van der Waals surface area contributed by atoms with Crippen molar-refractivity contribution in [2.45, 2.75) is 51.6 Å². The molecular weight excluding hydrogens is 408 g/mol. The first kappa shape index (κ1) is 23.3. The van der Waals surface area contributed by atoms with Gasteiger partial charge in [-0.3, -0.25) is 9.59 Å². The lowest BCUT2D eigenvalue weighted by atomic mass is 9.98. The molecule has 1 aliphatic carbocycles. The lowest BCUT2D eigenvalue weighted by Gasteiger charge is -2.25. The molecule has 0 saturated carbocycles. The lowest BCUT2D eigenvalue weighted by molar-refractivity contribution is -0.137. The minimum absolute atomic E-state index is 0.0698. The van der Waals surface area contributed by atoms with E-state index < -0.39 is 30.1 Å². The van der Waals surface area contributed by atoms with E-state index in [4.69, 9.17) is 9.84 Å². The van der Waals surface area contributed by atoms with E-state index in [-0.39, 0.29) is 24.9 Å². The Morgan fingerprint density at radius 1 is 0.969 bits per heavy atom. The average molecular weight is 439 g/mol. The summed E-state index contributed by atoms with van der Waals surface area (Å²) in [4.78, 5) is 36.2. The maximum absolute atomic E-state index is 12.7. The number of carbonyl (C=O) groups is 3. The number of benzene rings is 2. The van der Waals surface area contributed by atoms with Gasteiger partial charge in [0.1, 0.15) is 12.6 Å². The highest BCUT2D eigenvalue weighted by molar-refractivity contribution is 5.86. The second kappa shape index (κ2) is 10.3. The number of carbonyl (C=O) groups excluding carboxylic acids is 2. The normalized spacial score (nSPS) is 15.1. The van der Waals surface area contributed by atoms with Crippen molar-refractivity contribution < 1.29 is 24.2 Å². The Hall–Kier alpha value is -3.35. The molecule has 0 spiro atoms. The van der Waals surface area contributed by atoms with Crippen molar-refractivity contribution in [2.75, 3.05) is 6.61 Å². The summed E-state index contributed by atoms with van der Waals surface area (Å²) in [5, 5.41) is 14.3. The molecule has 3 N–H and O–H groups in total. The zero-order chi connectivity index (χ0) is 23.3. The van der Waals surface area contributed by atoms with Crippen LogP contribution >= 0.6 is 0 Å². The second-order valence-electron chi connectivity index (χ2n) is 8.34. The molecule has 2 aromatic carbocycles. The quantitative estimate of drug-likeness (QED) is 0.550. The van der Waals surface area contributed by atoms with Gasteiger partial charge in [-0.2, -0.15) is 0 Å². The average Bonchev–Trinajstić information content (AvgIpc) is 3.08. The molecule has 170 valence electrons. The van der Waals surface area contributed by atoms with E-state index in [1.165, 1.54) is 0 Å². The topological polar surface area (TPSA) is 105 Å². The van der Waals surface area contributed by atoms with Gasteiger partial charge in [0.2, 0.25) is 5.91 Å². The molecule has 0 fully saturated rings. The standard InChI is InChI=1S/C25H30N2O5/c1-4-15(2)23(24(30)26-16(3)13-22(28)29)27-25(31)32-14-21-19-11-7-5-9-17(19)18-10-6-8-12-20(18)21/h5-12,15-16,21,23H,4,13-14H2,1-3H3,(H,26,30)(H,27,31)(H,28,29)/t15?,16?,23-/m0/s1. The van der Waals surface area contributed by atoms with Crippen LogP contribution in [0.4, 0.5) is 4.79 Å². The predicted octanol–water partition coefficient (Wildman–Crippen LogP) is 3.92. The molecule has 0 aromatic heterocycles. The zero-order valence-corrected chi connectivity index (χ0v) is 18.6. The third-order valence-corrected chi connectivity index (χ3v) is 5.98. The van der Waals surface area contributed by atoms with Crippen LogP contribution in [0.15, 0.2) is 48.5 Å². The minimum atomic E-state index is -0.998. The number of aliphatic carboxylic acids is 1. The molecule has 2 amide bonds. The van der Waals surface area contributed by atoms with Gasteiger partial charge in [-0.1, -0.05) is 68.8 Å². The largest absolute Gasteiger partial charge is 0.481 e. The third kappa shape index (κ3) is 5.28. The summed E-state index contributed by atoms with van der Waals surface area (Å²) in [6, 6.07) is 14.8. The molecule has 0 radical (unpaired) electrons. The van der Waals surface area contributed by atoms with E-state index in [9.17, 15) is 14.4 Å². The predicted molar refractivity (Wildman–Crippen MR) is 121 cm³/mol. The van der Waals surface area contributed by atoms with Crippen LogP contribution in [0.25, 0.3) is 11.1 Å². The summed E-state index contributed by atoms with van der Waals surface area (Å²) in [7, 11) is 0. The van der Waals surface area contributed by atoms with E-state index in [0.717, 1.165) is 22.3 Å². The van der Waals surface area contributed by atoms with Crippen molar-refractivity contribution >= 4 is 18.0 Å². The van der Waals surface area contributed by atoms with E-state index in [1.807, 2.05) is 50.2 Å². The van der Waals surface area contributed by atoms with Gasteiger partial charge in [0.25, 0.3) is 0 Å². The minimum Gasteiger partial charge on any atom is -0.481 e. The number of carboxylic acid groups (broad SMARTS) is 1. The van der Waals surface area contributed by atoms with Gasteiger partial charge >= 0.3 is 12.1 Å². The summed E-state index contributed by atoms with van der Waals surface area (Å²) in [6.45, 7) is 5.55. The summed E-state index contributed by atoms with van der Waals surface area (Å²) in [5.41, 5.74) is 4.50. The molecule has 0 saturated heterocycles. The number of rotatable bonds is 9. The number of alkyl carbamates (subject to hydrolysis) is 1. The van der Waals surface area contributed by atoms with E-state index >= 15 is 0 Å². The van der Waals surface area contributed by atoms with Crippen LogP contribution in [-0.4, -0.2) is 41.8 Å². The Bertz CT molecular complexity index is 944. The Morgan fingerprint density at radius 3 is 2.06 bits per heavy atom. The van der Waals surface area contributed by atoms with E-state index in [2.05, 4.69) is 22.8 Å². The van der Waals surface area contributed by atoms with E-state index in [1.54, 1.807) is 6.92 Å². The molecule has 7 nitrogen and oxygen atoms in total. The molecule has 0 heterocycles. The fourth-order valence-corrected chi connectivity index (χ4v) is 4.11. The molecule has 3 rings (SSSR count). The van der Waals surface area contributed by atoms with Gasteiger partial charge in [0, 0.05) is 12.0 Å². The van der Waals surface area contributed by atoms with Crippen molar-refractivity contribution in [3.8, 4) is 11.1 Å². The number of fused-ring (bicyclic) bond motifs is 3. The molecule has 2 unspecified atom stereocenters. The first-order chi connectivity index (χ1) is 15.3. The molecule has 7 heteroatoms. The highest BCUT2D eigenvalue weighted by Gasteiger charge is 2.31. The summed E-state index contributed by atoms with van der Waals surface area (Å²) >= 11 is 0. The number of nitrogens with one attached hydrogen (secondary N) is 2. The monoisotopic (exact) mass is 438 g/mol. The number of hydrogen-bond acceptors (Lipinski definition) is 4. The van der Waals surface area contributed by atoms with Crippen molar-refractivity contribution in [3.63, 3.8) is 0 Å². The summed E-state index contributed by atoms with van der Waals surface area (Å²) in [5.74, 6) is -1.63. The lowest BCUT2D eigenvalue weighted by Crippen LogP contribution is -2.52. The van der Waals surface area contributed by atoms with Crippen LogP contribution in [0.2, 0.25) is 0 Å². The third-order valence-electron chi connectivity index (χ3n) is 5.98. The fraction of sp³-hybridized carbons (Fsp3) is 0.400. The van der Waals surface area contributed by atoms with Crippen LogP contribution in [0.5, 0.6) is 0 Å². The Morgan fingerprint density at radius 2 is 1.53 bits per heavy atom. The second-order valence-corrected chi connectivity index (χ2v) is 8.34. The van der Waals surface area contributed by atoms with Crippen molar-refractivity contribution in [1.29, 1.82) is 0 Å². The highest BCUT2D eigenvalue weighted by Crippen LogP contribution is 2.44. The molecular formula is C25H30N2O5. The molecule has 32 heavy (non-hydrogen) atoms. The van der Waals surface area contributed by atoms with Gasteiger partial charge in [-0.25, -0.2) is 4.79 Å². The molecule has 0 bridgehead atoms. The zero-order valence-electron chi connectivity index (χ0n) is 18.6. The van der Waals surface area contributed by atoms with E-state index in [0.29, 0.717) is 6.42 Å². The Kier molecular flexibility index (Phi) is 7.51. The maximum atomic E-state index is 12.7. The van der Waals surface area contributed by atoms with Crippen molar-refractivity contribution in [2.24, 2.45) is 5.92 Å². The van der Waals surface area contributed by atoms with Crippen molar-refractivity contribution in [3.05, 3.63) is 59.7 Å². The van der Waals surface area contributed by atoms with Gasteiger partial charge in [0.05, 0.1) is 6.42 Å². The summed E-state index contributed by atoms with van der Waals surface area (Å²) < 4.78 is 5.56. The number of ether oxygens (including phenoxy) is 1. The fourth-order valence-electron chi connectivity index (χ4n) is 4.11. The van der Waals surface area contributed by atoms with Crippen molar-refractivity contribution in [1.82, 2.24) is 10.6 Å². The van der Waals surface area contributed by atoms with Crippen LogP contribution < -0.4 is 10.6 Å². The molecule has 2 aromatic rings. The number of amides is 2. The molecule has 3 atom stereocenters. The summed E-state index contributed by atoms with van der Waals surface area (Å²) in [6.07, 6.45) is -0.197. The number of hydrogen-bond donors (Lipinski definition) is 3. The first-order valence-corrected chi connectivity index (χ1v) is 11.0. The van der Waals surface area contributed by atoms with Gasteiger partial charge in [-0.05, 0) is 35.1 Å². The highest BCUT2D eigenvalue weighted by atomic mass is 16.5. The van der Waals surface area contributed by atoms with Crippen LogP contribution in [0.1, 0.15) is 50.7 Å². The smallest absolute Gasteiger partial charge is 0.407 e. The van der Waals surface area contributed by atoms with Crippen LogP contribution in [0.3, 0.4) is 0 Å². The van der Waals surface area contributed by atoms with Gasteiger partial charge < -0.3 is 20.5 Å². The van der Waals surface area contributed by atoms with Gasteiger partial charge in [0.15, 0.2) is 0 Å². The Labute approximate surface area is 188 Å².